The smallest absolute Gasteiger partial charge is 0.239 e. The molecule has 0 N–H and O–H groups in total. The standard InChI is InChI=1S/C10H4F10/c11-5-3-1-2-4-6(5,12)8(15,16)10(19,20)9(17,18)7(4,13)14/h1-3,5H. The first kappa shape index (κ1) is 15.2. The van der Waals surface area contributed by atoms with Crippen molar-refractivity contribution in [2.45, 2.75) is 35.5 Å². The van der Waals surface area contributed by atoms with Crippen LogP contribution in [0.15, 0.2) is 23.8 Å². The molecular weight excluding hydrogens is 310 g/mol. The molecule has 0 radical (unpaired) electrons. The lowest BCUT2D eigenvalue weighted by atomic mass is 9.68. The number of hydrogen-bond acceptors (Lipinski definition) is 0. The van der Waals surface area contributed by atoms with Crippen molar-refractivity contribution in [1.29, 1.82) is 0 Å². The maximum absolute atomic E-state index is 14.0. The average Bonchev–Trinajstić information content (AvgIpc) is 2.30. The van der Waals surface area contributed by atoms with Gasteiger partial charge < -0.3 is 0 Å². The van der Waals surface area contributed by atoms with Crippen LogP contribution >= 0.6 is 0 Å². The van der Waals surface area contributed by atoms with Crippen molar-refractivity contribution in [3.8, 4) is 0 Å². The van der Waals surface area contributed by atoms with Gasteiger partial charge in [-0.25, -0.2) is 8.78 Å². The summed E-state index contributed by atoms with van der Waals surface area (Å²) in [6.07, 6.45) is -3.62. The molecule has 2 atom stereocenters. The molecule has 1 saturated carbocycles. The Hall–Kier alpha value is -1.22. The van der Waals surface area contributed by atoms with Crippen LogP contribution in [-0.4, -0.2) is 35.5 Å². The summed E-state index contributed by atoms with van der Waals surface area (Å²) >= 11 is 0. The summed E-state index contributed by atoms with van der Waals surface area (Å²) in [4.78, 5) is 0. The molecule has 114 valence electrons. The third-order valence-electron chi connectivity index (χ3n) is 3.29. The van der Waals surface area contributed by atoms with Gasteiger partial charge in [-0.3, -0.25) is 0 Å². The van der Waals surface area contributed by atoms with Crippen LogP contribution in [0, 0.1) is 0 Å². The summed E-state index contributed by atoms with van der Waals surface area (Å²) in [5.74, 6) is -25.7. The fourth-order valence-electron chi connectivity index (χ4n) is 2.12. The molecule has 0 aromatic rings. The molecule has 0 bridgehead atoms. The van der Waals surface area contributed by atoms with Gasteiger partial charge in [-0.2, -0.15) is 35.1 Å². The first-order valence-electron chi connectivity index (χ1n) is 5.00. The van der Waals surface area contributed by atoms with Crippen LogP contribution in [-0.2, 0) is 0 Å². The predicted molar refractivity (Wildman–Crippen MR) is 45.7 cm³/mol. The maximum atomic E-state index is 14.0. The molecule has 0 aromatic carbocycles. The molecule has 0 saturated heterocycles. The number of rotatable bonds is 0. The first-order chi connectivity index (χ1) is 8.76. The Bertz CT molecular complexity index is 502. The van der Waals surface area contributed by atoms with E-state index in [4.69, 9.17) is 0 Å². The zero-order chi connectivity index (χ0) is 15.8. The number of hydrogen-bond donors (Lipinski definition) is 0. The van der Waals surface area contributed by atoms with Gasteiger partial charge in [0.05, 0.1) is 5.57 Å². The minimum Gasteiger partial charge on any atom is -0.239 e. The predicted octanol–water partition coefficient (Wildman–Crippen LogP) is 4.08. The van der Waals surface area contributed by atoms with Crippen molar-refractivity contribution in [3.63, 3.8) is 0 Å². The summed E-state index contributed by atoms with van der Waals surface area (Å²) in [7, 11) is 0. The Morgan fingerprint density at radius 2 is 1.25 bits per heavy atom. The largest absolute Gasteiger partial charge is 0.382 e. The molecule has 2 aliphatic carbocycles. The van der Waals surface area contributed by atoms with E-state index >= 15 is 0 Å². The van der Waals surface area contributed by atoms with Crippen molar-refractivity contribution in [3.05, 3.63) is 23.8 Å². The van der Waals surface area contributed by atoms with Crippen molar-refractivity contribution in [1.82, 2.24) is 0 Å². The van der Waals surface area contributed by atoms with E-state index in [1.807, 2.05) is 0 Å². The summed E-state index contributed by atoms with van der Waals surface area (Å²) < 4.78 is 133. The average molecular weight is 314 g/mol. The fraction of sp³-hybridized carbons (Fsp3) is 0.600. The molecular formula is C10H4F10. The third kappa shape index (κ3) is 1.21. The Morgan fingerprint density at radius 1 is 0.750 bits per heavy atom. The zero-order valence-corrected chi connectivity index (χ0v) is 9.09. The highest BCUT2D eigenvalue weighted by atomic mass is 19.4. The number of halogens is 10. The lowest BCUT2D eigenvalue weighted by Gasteiger charge is -2.51. The maximum Gasteiger partial charge on any atom is 0.382 e. The Labute approximate surface area is 104 Å². The molecule has 2 rings (SSSR count). The third-order valence-corrected chi connectivity index (χ3v) is 3.29. The molecule has 0 spiro atoms. The SMILES string of the molecule is FC1C=CC=C2C(F)(F)C(F)(F)C(F)(F)C(F)(F)C21F. The van der Waals surface area contributed by atoms with Crippen molar-refractivity contribution in [2.75, 3.05) is 0 Å². The van der Waals surface area contributed by atoms with Crippen molar-refractivity contribution in [2.24, 2.45) is 0 Å². The summed E-state index contributed by atoms with van der Waals surface area (Å²) in [6.45, 7) is 0. The normalized spacial score (nSPS) is 39.9. The van der Waals surface area contributed by atoms with E-state index in [0.29, 0.717) is 0 Å². The van der Waals surface area contributed by atoms with Crippen LogP contribution in [0.5, 0.6) is 0 Å². The van der Waals surface area contributed by atoms with E-state index in [9.17, 15) is 43.9 Å². The molecule has 0 aliphatic heterocycles. The molecule has 0 amide bonds. The monoisotopic (exact) mass is 314 g/mol. The van der Waals surface area contributed by atoms with Crippen LogP contribution in [0.2, 0.25) is 0 Å². The quantitative estimate of drug-likeness (QED) is 0.591. The Balaban J connectivity index is 2.84. The van der Waals surface area contributed by atoms with Gasteiger partial charge in [0.15, 0.2) is 6.17 Å². The molecule has 2 unspecified atom stereocenters. The summed E-state index contributed by atoms with van der Waals surface area (Å²) in [5, 5.41) is 0. The highest BCUT2D eigenvalue weighted by Gasteiger charge is 2.93. The van der Waals surface area contributed by atoms with Crippen molar-refractivity contribution < 1.29 is 43.9 Å². The van der Waals surface area contributed by atoms with Crippen LogP contribution in [0.1, 0.15) is 0 Å². The van der Waals surface area contributed by atoms with E-state index in [2.05, 4.69) is 0 Å². The van der Waals surface area contributed by atoms with Gasteiger partial charge in [0.25, 0.3) is 0 Å². The second kappa shape index (κ2) is 3.51. The molecule has 10 heteroatoms. The van der Waals surface area contributed by atoms with Crippen LogP contribution in [0.4, 0.5) is 43.9 Å². The van der Waals surface area contributed by atoms with E-state index in [0.717, 1.165) is 0 Å². The van der Waals surface area contributed by atoms with Gasteiger partial charge in [-0.15, -0.1) is 0 Å². The number of alkyl halides is 10. The van der Waals surface area contributed by atoms with Gasteiger partial charge in [-0.05, 0) is 6.08 Å². The highest BCUT2D eigenvalue weighted by molar-refractivity contribution is 5.46. The molecule has 0 aromatic heterocycles. The van der Waals surface area contributed by atoms with Gasteiger partial charge in [-0.1, -0.05) is 12.2 Å². The van der Waals surface area contributed by atoms with E-state index in [1.54, 1.807) is 0 Å². The lowest BCUT2D eigenvalue weighted by molar-refractivity contribution is -0.407. The second-order valence-corrected chi connectivity index (χ2v) is 4.38. The minimum atomic E-state index is -6.77. The van der Waals surface area contributed by atoms with Gasteiger partial charge in [0.1, 0.15) is 0 Å². The van der Waals surface area contributed by atoms with Gasteiger partial charge >= 0.3 is 23.7 Å². The van der Waals surface area contributed by atoms with Crippen LogP contribution in [0.3, 0.4) is 0 Å². The molecule has 2 aliphatic rings. The Kier molecular flexibility index (Phi) is 2.66. The molecule has 20 heavy (non-hydrogen) atoms. The van der Waals surface area contributed by atoms with Crippen LogP contribution < -0.4 is 0 Å². The first-order valence-corrected chi connectivity index (χ1v) is 5.00. The molecule has 0 heterocycles. The second-order valence-electron chi connectivity index (χ2n) is 4.38. The zero-order valence-electron chi connectivity index (χ0n) is 9.09. The topological polar surface area (TPSA) is 0 Å². The summed E-state index contributed by atoms with van der Waals surface area (Å²) in [5.41, 5.74) is -7.96. The van der Waals surface area contributed by atoms with Gasteiger partial charge in [0.2, 0.25) is 5.67 Å². The number of allylic oxidation sites excluding steroid dienone is 4. The minimum absolute atomic E-state index is 0.0347. The molecule has 0 nitrogen and oxygen atoms in total. The van der Waals surface area contributed by atoms with Crippen LogP contribution in [0.25, 0.3) is 0 Å². The molecule has 1 fully saturated rings. The van der Waals surface area contributed by atoms with Crippen molar-refractivity contribution >= 4 is 0 Å². The highest BCUT2D eigenvalue weighted by Crippen LogP contribution is 2.67. The lowest BCUT2D eigenvalue weighted by Crippen LogP contribution is -2.78. The van der Waals surface area contributed by atoms with E-state index in [-0.39, 0.29) is 18.2 Å². The fourth-order valence-corrected chi connectivity index (χ4v) is 2.12. The van der Waals surface area contributed by atoms with Gasteiger partial charge in [0, 0.05) is 0 Å². The van der Waals surface area contributed by atoms with E-state index < -0.39 is 41.1 Å². The Morgan fingerprint density at radius 3 is 1.75 bits per heavy atom. The number of fused-ring (bicyclic) bond motifs is 1. The summed E-state index contributed by atoms with van der Waals surface area (Å²) in [6, 6.07) is 0. The van der Waals surface area contributed by atoms with E-state index in [1.165, 1.54) is 0 Å².